The lowest BCUT2D eigenvalue weighted by Gasteiger charge is -2.61. The van der Waals surface area contributed by atoms with Crippen molar-refractivity contribution in [3.8, 4) is 0 Å². The van der Waals surface area contributed by atoms with Crippen LogP contribution in [0.5, 0.6) is 0 Å². The van der Waals surface area contributed by atoms with E-state index < -0.39 is 0 Å². The highest BCUT2D eigenvalue weighted by Crippen LogP contribution is 2.57. The molecule has 0 spiro atoms. The van der Waals surface area contributed by atoms with E-state index in [4.69, 9.17) is 0 Å². The molecule has 1 aliphatic carbocycles. The van der Waals surface area contributed by atoms with Crippen molar-refractivity contribution >= 4 is 6.29 Å². The average Bonchev–Trinajstić information content (AvgIpc) is 2.83. The topological polar surface area (TPSA) is 20.3 Å². The summed E-state index contributed by atoms with van der Waals surface area (Å²) in [4.78, 5) is 13.6. The van der Waals surface area contributed by atoms with Gasteiger partial charge in [0.1, 0.15) is 6.29 Å². The van der Waals surface area contributed by atoms with Gasteiger partial charge in [-0.05, 0) is 24.8 Å². The minimum atomic E-state index is 0.440. The lowest BCUT2D eigenvalue weighted by molar-refractivity contribution is -0.139. The number of fused-ring (bicyclic) bond motifs is 1. The number of likely N-dealkylation sites (tertiary alicyclic amines) is 1. The first-order chi connectivity index (χ1) is 9.31. The number of benzene rings is 1. The maximum Gasteiger partial charge on any atom is 0.121 e. The van der Waals surface area contributed by atoms with Crippen LogP contribution in [-0.4, -0.2) is 23.3 Å². The summed E-state index contributed by atoms with van der Waals surface area (Å²) < 4.78 is 0. The van der Waals surface area contributed by atoms with Gasteiger partial charge < -0.3 is 4.79 Å². The largest absolute Gasteiger partial charge is 0.303 e. The van der Waals surface area contributed by atoms with Gasteiger partial charge in [-0.1, -0.05) is 43.7 Å². The van der Waals surface area contributed by atoms with Crippen molar-refractivity contribution < 1.29 is 4.79 Å². The van der Waals surface area contributed by atoms with Gasteiger partial charge in [0.15, 0.2) is 0 Å². The van der Waals surface area contributed by atoms with Crippen LogP contribution in [0, 0.1) is 5.41 Å². The van der Waals surface area contributed by atoms with Gasteiger partial charge in [0.25, 0.3) is 0 Å². The molecule has 2 fully saturated rings. The fraction of sp³-hybridized carbons (Fsp3) is 0.588. The van der Waals surface area contributed by atoms with Gasteiger partial charge in [-0.3, -0.25) is 4.90 Å². The molecule has 2 heteroatoms. The second-order valence-corrected chi connectivity index (χ2v) is 6.07. The lowest BCUT2D eigenvalue weighted by atomic mass is 9.63. The molecular formula is C17H23NO. The summed E-state index contributed by atoms with van der Waals surface area (Å²) in [5, 5.41) is 0. The minimum absolute atomic E-state index is 0.440. The summed E-state index contributed by atoms with van der Waals surface area (Å²) in [6.07, 6.45) is 7.01. The summed E-state index contributed by atoms with van der Waals surface area (Å²) in [7, 11) is 0. The number of carbonyl (C=O) groups excluding carboxylic acids is 1. The van der Waals surface area contributed by atoms with Gasteiger partial charge in [-0.15, -0.1) is 0 Å². The standard InChI is InChI=1S/C17H23NO/c1-2-17-11-6-9-15(17)18(16(17)10-12-19)13-14-7-4-3-5-8-14/h3-5,7-8,12,15-16H,2,6,9-11,13H2,1H3. The summed E-state index contributed by atoms with van der Waals surface area (Å²) in [5.74, 6) is 0. The molecular weight excluding hydrogens is 234 g/mol. The SMILES string of the molecule is CCC12CCCC1N(Cc1ccccc1)C2CC=O. The number of hydrogen-bond acceptors (Lipinski definition) is 2. The van der Waals surface area contributed by atoms with Crippen LogP contribution in [0.15, 0.2) is 30.3 Å². The van der Waals surface area contributed by atoms with Crippen molar-refractivity contribution in [3.63, 3.8) is 0 Å². The Morgan fingerprint density at radius 1 is 1.37 bits per heavy atom. The molecule has 102 valence electrons. The van der Waals surface area contributed by atoms with E-state index in [0.29, 0.717) is 23.9 Å². The van der Waals surface area contributed by atoms with E-state index in [0.717, 1.165) is 12.8 Å². The fourth-order valence-corrected chi connectivity index (χ4v) is 4.55. The van der Waals surface area contributed by atoms with Gasteiger partial charge in [-0.2, -0.15) is 0 Å². The van der Waals surface area contributed by atoms with Gasteiger partial charge >= 0.3 is 0 Å². The molecule has 0 amide bonds. The summed E-state index contributed by atoms with van der Waals surface area (Å²) in [5.41, 5.74) is 1.81. The van der Waals surface area contributed by atoms with E-state index in [1.807, 2.05) is 0 Å². The average molecular weight is 257 g/mol. The second kappa shape index (κ2) is 5.09. The quantitative estimate of drug-likeness (QED) is 0.753. The molecule has 2 nitrogen and oxygen atoms in total. The van der Waals surface area contributed by atoms with Gasteiger partial charge in [0.05, 0.1) is 0 Å². The molecule has 3 atom stereocenters. The molecule has 1 aromatic rings. The van der Waals surface area contributed by atoms with E-state index in [9.17, 15) is 4.79 Å². The third-order valence-electron chi connectivity index (χ3n) is 5.43. The van der Waals surface area contributed by atoms with E-state index in [1.165, 1.54) is 31.2 Å². The zero-order chi connectivity index (χ0) is 13.3. The van der Waals surface area contributed by atoms with Crippen LogP contribution in [0.2, 0.25) is 0 Å². The Balaban J connectivity index is 1.79. The van der Waals surface area contributed by atoms with E-state index in [1.54, 1.807) is 0 Å². The van der Waals surface area contributed by atoms with E-state index >= 15 is 0 Å². The molecule has 1 aliphatic heterocycles. The molecule has 0 N–H and O–H groups in total. The molecule has 2 aliphatic rings. The molecule has 1 saturated heterocycles. The zero-order valence-corrected chi connectivity index (χ0v) is 11.7. The van der Waals surface area contributed by atoms with Crippen LogP contribution >= 0.6 is 0 Å². The predicted octanol–water partition coefficient (Wildman–Crippen LogP) is 3.41. The fourth-order valence-electron chi connectivity index (χ4n) is 4.55. The number of carbonyl (C=O) groups is 1. The highest BCUT2D eigenvalue weighted by atomic mass is 16.1. The molecule has 1 aromatic carbocycles. The Labute approximate surface area is 115 Å². The lowest BCUT2D eigenvalue weighted by Crippen LogP contribution is -2.68. The molecule has 1 heterocycles. The number of hydrogen-bond donors (Lipinski definition) is 0. The summed E-state index contributed by atoms with van der Waals surface area (Å²) in [6.45, 7) is 3.31. The first kappa shape index (κ1) is 12.9. The molecule has 0 bridgehead atoms. The second-order valence-electron chi connectivity index (χ2n) is 6.07. The Kier molecular flexibility index (Phi) is 3.44. The first-order valence-electron chi connectivity index (χ1n) is 7.55. The third kappa shape index (κ3) is 1.93. The monoisotopic (exact) mass is 257 g/mol. The molecule has 3 unspecified atom stereocenters. The van der Waals surface area contributed by atoms with Crippen molar-refractivity contribution in [1.82, 2.24) is 4.90 Å². The maximum atomic E-state index is 11.0. The summed E-state index contributed by atoms with van der Waals surface area (Å²) in [6, 6.07) is 11.8. The molecule has 19 heavy (non-hydrogen) atoms. The Hall–Kier alpha value is -1.15. The Bertz CT molecular complexity index is 444. The number of aldehydes is 1. The minimum Gasteiger partial charge on any atom is -0.303 e. The van der Waals surface area contributed by atoms with Crippen LogP contribution in [0.3, 0.4) is 0 Å². The molecule has 0 radical (unpaired) electrons. The first-order valence-corrected chi connectivity index (χ1v) is 7.55. The van der Waals surface area contributed by atoms with Crippen LogP contribution in [-0.2, 0) is 11.3 Å². The Morgan fingerprint density at radius 3 is 2.84 bits per heavy atom. The highest BCUT2D eigenvalue weighted by Gasteiger charge is 2.60. The van der Waals surface area contributed by atoms with Gasteiger partial charge in [-0.25, -0.2) is 0 Å². The highest BCUT2D eigenvalue weighted by molar-refractivity contribution is 5.51. The van der Waals surface area contributed by atoms with E-state index in [2.05, 4.69) is 42.2 Å². The molecule has 0 aromatic heterocycles. The van der Waals surface area contributed by atoms with Crippen molar-refractivity contribution in [1.29, 1.82) is 0 Å². The van der Waals surface area contributed by atoms with Crippen LogP contribution in [0.25, 0.3) is 0 Å². The van der Waals surface area contributed by atoms with Crippen LogP contribution in [0.1, 0.15) is 44.6 Å². The normalized spacial score (nSPS) is 33.7. The van der Waals surface area contributed by atoms with Crippen molar-refractivity contribution in [2.75, 3.05) is 0 Å². The van der Waals surface area contributed by atoms with Gasteiger partial charge in [0, 0.05) is 30.5 Å². The van der Waals surface area contributed by atoms with Gasteiger partial charge in [0.2, 0.25) is 0 Å². The van der Waals surface area contributed by atoms with E-state index in [-0.39, 0.29) is 0 Å². The molecule has 1 saturated carbocycles. The zero-order valence-electron chi connectivity index (χ0n) is 11.7. The van der Waals surface area contributed by atoms with Crippen molar-refractivity contribution in [3.05, 3.63) is 35.9 Å². The van der Waals surface area contributed by atoms with Crippen molar-refractivity contribution in [2.24, 2.45) is 5.41 Å². The molecule has 3 rings (SSSR count). The number of nitrogens with zero attached hydrogens (tertiary/aromatic N) is 1. The maximum absolute atomic E-state index is 11.0. The Morgan fingerprint density at radius 2 is 2.16 bits per heavy atom. The van der Waals surface area contributed by atoms with Crippen molar-refractivity contribution in [2.45, 2.75) is 57.7 Å². The number of rotatable bonds is 5. The van der Waals surface area contributed by atoms with Crippen LogP contribution in [0.4, 0.5) is 0 Å². The predicted molar refractivity (Wildman–Crippen MR) is 76.8 cm³/mol. The summed E-state index contributed by atoms with van der Waals surface area (Å²) >= 11 is 0. The third-order valence-corrected chi connectivity index (χ3v) is 5.43. The van der Waals surface area contributed by atoms with Crippen LogP contribution < -0.4 is 0 Å². The smallest absolute Gasteiger partial charge is 0.121 e.